The van der Waals surface area contributed by atoms with E-state index in [0.717, 1.165) is 10.6 Å². The molecule has 0 aliphatic heterocycles. The zero-order valence-corrected chi connectivity index (χ0v) is 9.99. The molecule has 0 saturated heterocycles. The molecule has 1 aromatic heterocycles. The first kappa shape index (κ1) is 11.8. The summed E-state index contributed by atoms with van der Waals surface area (Å²) in [5.41, 5.74) is 2.38. The molecule has 1 heterocycles. The quantitative estimate of drug-likeness (QED) is 0.875. The molecular weight excluding hydrogens is 238 g/mol. The molecule has 0 saturated carbocycles. The van der Waals surface area contributed by atoms with E-state index in [1.165, 1.54) is 11.3 Å². The van der Waals surface area contributed by atoms with Crippen molar-refractivity contribution < 1.29 is 15.0 Å². The lowest BCUT2D eigenvalue weighted by molar-refractivity contribution is 0.0696. The Bertz CT molecular complexity index is 563. The van der Waals surface area contributed by atoms with Crippen molar-refractivity contribution in [2.75, 3.05) is 0 Å². The summed E-state index contributed by atoms with van der Waals surface area (Å²) in [6, 6.07) is 5.11. The number of aromatic carboxylic acids is 1. The predicted molar refractivity (Wildman–Crippen MR) is 65.2 cm³/mol. The first-order valence-corrected chi connectivity index (χ1v) is 5.90. The molecule has 0 aliphatic rings. The van der Waals surface area contributed by atoms with E-state index in [-0.39, 0.29) is 12.2 Å². The van der Waals surface area contributed by atoms with E-state index >= 15 is 0 Å². The third kappa shape index (κ3) is 2.20. The number of nitrogens with zero attached hydrogens (tertiary/aromatic N) is 1. The Labute approximate surface area is 102 Å². The summed E-state index contributed by atoms with van der Waals surface area (Å²) in [6.45, 7) is 1.66. The van der Waals surface area contributed by atoms with Crippen LogP contribution in [0.25, 0.3) is 10.6 Å². The number of carboxylic acids is 1. The van der Waals surface area contributed by atoms with Gasteiger partial charge in [0.1, 0.15) is 5.01 Å². The molecule has 0 bridgehead atoms. The molecule has 0 amide bonds. The van der Waals surface area contributed by atoms with Crippen molar-refractivity contribution in [3.63, 3.8) is 0 Å². The number of carboxylic acid groups (broad SMARTS) is 1. The monoisotopic (exact) mass is 249 g/mol. The van der Waals surface area contributed by atoms with Gasteiger partial charge in [0.2, 0.25) is 0 Å². The number of aromatic nitrogens is 1. The third-order valence-electron chi connectivity index (χ3n) is 2.51. The van der Waals surface area contributed by atoms with Gasteiger partial charge >= 0.3 is 5.97 Å². The number of rotatable bonds is 3. The highest BCUT2D eigenvalue weighted by Crippen LogP contribution is 2.28. The normalized spacial score (nSPS) is 10.5. The molecule has 0 unspecified atom stereocenters. The van der Waals surface area contributed by atoms with E-state index in [2.05, 4.69) is 4.98 Å². The average Bonchev–Trinajstić information content (AvgIpc) is 2.77. The fourth-order valence-electron chi connectivity index (χ4n) is 1.60. The summed E-state index contributed by atoms with van der Waals surface area (Å²) in [7, 11) is 0. The molecule has 0 fully saturated rings. The second-order valence-electron chi connectivity index (χ2n) is 3.59. The zero-order valence-electron chi connectivity index (χ0n) is 9.17. The van der Waals surface area contributed by atoms with Crippen molar-refractivity contribution in [1.82, 2.24) is 4.98 Å². The Kier molecular flexibility index (Phi) is 3.21. The van der Waals surface area contributed by atoms with Gasteiger partial charge in [-0.2, -0.15) is 0 Å². The highest BCUT2D eigenvalue weighted by Gasteiger charge is 2.13. The van der Waals surface area contributed by atoms with Gasteiger partial charge in [0.25, 0.3) is 0 Å². The molecule has 0 aliphatic carbocycles. The van der Waals surface area contributed by atoms with Crippen LogP contribution in [0.2, 0.25) is 0 Å². The van der Waals surface area contributed by atoms with Crippen LogP contribution in [0.3, 0.4) is 0 Å². The summed E-state index contributed by atoms with van der Waals surface area (Å²) < 4.78 is 0. The lowest BCUT2D eigenvalue weighted by Gasteiger charge is -2.05. The van der Waals surface area contributed by atoms with Gasteiger partial charge in [-0.3, -0.25) is 0 Å². The molecule has 0 spiro atoms. The minimum Gasteiger partial charge on any atom is -0.478 e. The largest absolute Gasteiger partial charge is 0.478 e. The molecule has 4 nitrogen and oxygen atoms in total. The van der Waals surface area contributed by atoms with Gasteiger partial charge in [-0.1, -0.05) is 12.1 Å². The maximum atomic E-state index is 11.0. The lowest BCUT2D eigenvalue weighted by Crippen LogP contribution is -2.00. The van der Waals surface area contributed by atoms with Crippen LogP contribution >= 0.6 is 11.3 Å². The minimum absolute atomic E-state index is 0.103. The highest BCUT2D eigenvalue weighted by atomic mass is 32.1. The van der Waals surface area contributed by atoms with Crippen LogP contribution in [0.1, 0.15) is 21.6 Å². The van der Waals surface area contributed by atoms with Gasteiger partial charge in [-0.25, -0.2) is 9.78 Å². The first-order valence-electron chi connectivity index (χ1n) is 5.02. The Morgan fingerprint density at radius 1 is 1.47 bits per heavy atom. The van der Waals surface area contributed by atoms with E-state index in [9.17, 15) is 4.79 Å². The summed E-state index contributed by atoms with van der Waals surface area (Å²) in [6.07, 6.45) is 0. The molecular formula is C12H11NO3S. The molecule has 88 valence electrons. The number of benzene rings is 1. The van der Waals surface area contributed by atoms with Gasteiger partial charge < -0.3 is 10.2 Å². The Morgan fingerprint density at radius 3 is 2.82 bits per heavy atom. The van der Waals surface area contributed by atoms with Crippen LogP contribution < -0.4 is 0 Å². The van der Waals surface area contributed by atoms with Gasteiger partial charge in [0, 0.05) is 10.9 Å². The molecule has 2 aromatic rings. The molecule has 2 rings (SSSR count). The second-order valence-corrected chi connectivity index (χ2v) is 4.44. The number of thiazole rings is 1. The maximum absolute atomic E-state index is 11.0. The molecule has 2 N–H and O–H groups in total. The van der Waals surface area contributed by atoms with Crippen LogP contribution in [0.5, 0.6) is 0 Å². The van der Waals surface area contributed by atoms with E-state index < -0.39 is 5.97 Å². The summed E-state index contributed by atoms with van der Waals surface area (Å²) in [4.78, 5) is 15.2. The van der Waals surface area contributed by atoms with Gasteiger partial charge in [-0.05, 0) is 18.6 Å². The Morgan fingerprint density at radius 2 is 2.24 bits per heavy atom. The maximum Gasteiger partial charge on any atom is 0.335 e. The number of hydrogen-bond donors (Lipinski definition) is 2. The predicted octanol–water partition coefficient (Wildman–Crippen LogP) is 2.31. The van der Waals surface area contributed by atoms with E-state index in [4.69, 9.17) is 10.2 Å². The van der Waals surface area contributed by atoms with Crippen LogP contribution in [0.15, 0.2) is 23.6 Å². The van der Waals surface area contributed by atoms with Crippen LogP contribution in [-0.2, 0) is 6.61 Å². The second kappa shape index (κ2) is 4.65. The summed E-state index contributed by atoms with van der Waals surface area (Å²) in [5, 5.41) is 20.5. The van der Waals surface area contributed by atoms with E-state index in [1.807, 2.05) is 6.07 Å². The van der Waals surface area contributed by atoms with Crippen molar-refractivity contribution in [3.8, 4) is 10.6 Å². The van der Waals surface area contributed by atoms with E-state index in [1.54, 1.807) is 24.4 Å². The topological polar surface area (TPSA) is 70.4 Å². The number of carbonyl (C=O) groups is 1. The van der Waals surface area contributed by atoms with E-state index in [0.29, 0.717) is 11.3 Å². The third-order valence-corrected chi connectivity index (χ3v) is 3.43. The smallest absolute Gasteiger partial charge is 0.335 e. The van der Waals surface area contributed by atoms with Gasteiger partial charge in [0.15, 0.2) is 0 Å². The number of aliphatic hydroxyl groups is 1. The van der Waals surface area contributed by atoms with Crippen molar-refractivity contribution in [3.05, 3.63) is 40.4 Å². The zero-order chi connectivity index (χ0) is 12.4. The van der Waals surface area contributed by atoms with Gasteiger partial charge in [-0.15, -0.1) is 11.3 Å². The van der Waals surface area contributed by atoms with Crippen LogP contribution in [0, 0.1) is 6.92 Å². The van der Waals surface area contributed by atoms with Gasteiger partial charge in [0.05, 0.1) is 17.9 Å². The van der Waals surface area contributed by atoms with Crippen molar-refractivity contribution in [1.29, 1.82) is 0 Å². The highest BCUT2D eigenvalue weighted by molar-refractivity contribution is 7.13. The summed E-state index contributed by atoms with van der Waals surface area (Å²) >= 11 is 1.40. The Balaban J connectivity index is 2.52. The van der Waals surface area contributed by atoms with Crippen molar-refractivity contribution >= 4 is 17.3 Å². The standard InChI is InChI=1S/C12H11NO3S/c1-7-9(3-2-4-10(7)12(15)16)11-13-8(5-14)6-17-11/h2-4,6,14H,5H2,1H3,(H,15,16). The molecule has 5 heteroatoms. The first-order chi connectivity index (χ1) is 8.13. The fourth-order valence-corrected chi connectivity index (χ4v) is 2.50. The van der Waals surface area contributed by atoms with Crippen LogP contribution in [0.4, 0.5) is 0 Å². The SMILES string of the molecule is Cc1c(C(=O)O)cccc1-c1nc(CO)cs1. The number of aliphatic hydroxyl groups excluding tert-OH is 1. The van der Waals surface area contributed by atoms with Crippen LogP contribution in [-0.4, -0.2) is 21.2 Å². The Hall–Kier alpha value is -1.72. The molecule has 0 radical (unpaired) electrons. The van der Waals surface area contributed by atoms with Crippen molar-refractivity contribution in [2.24, 2.45) is 0 Å². The average molecular weight is 249 g/mol. The minimum atomic E-state index is -0.941. The molecule has 17 heavy (non-hydrogen) atoms. The van der Waals surface area contributed by atoms with Crippen molar-refractivity contribution in [2.45, 2.75) is 13.5 Å². The molecule has 1 aromatic carbocycles. The lowest BCUT2D eigenvalue weighted by atomic mass is 10.0. The fraction of sp³-hybridized carbons (Fsp3) is 0.167. The number of hydrogen-bond acceptors (Lipinski definition) is 4. The summed E-state index contributed by atoms with van der Waals surface area (Å²) in [5.74, 6) is -0.941. The molecule has 0 atom stereocenters.